The van der Waals surface area contributed by atoms with Crippen molar-refractivity contribution in [3.05, 3.63) is 47.5 Å². The maximum atomic E-state index is 12.5. The van der Waals surface area contributed by atoms with E-state index in [-0.39, 0.29) is 22.8 Å². The zero-order valence-electron chi connectivity index (χ0n) is 11.7. The Kier molecular flexibility index (Phi) is 3.41. The molecule has 0 atom stereocenters. The molecule has 0 unspecified atom stereocenters. The van der Waals surface area contributed by atoms with E-state index in [0.29, 0.717) is 17.6 Å². The summed E-state index contributed by atoms with van der Waals surface area (Å²) in [5.74, 6) is 0.556. The molecule has 0 fully saturated rings. The van der Waals surface area contributed by atoms with Crippen LogP contribution in [0, 0.1) is 18.3 Å². The number of oxazole rings is 1. The van der Waals surface area contributed by atoms with Crippen LogP contribution in [0.15, 0.2) is 34.9 Å². The third kappa shape index (κ3) is 2.81. The SMILES string of the molecule is Cc1nc2c(Oc3ccc(C(F)(F)F)cn3)ccc(C#N)c2o1. The first-order valence-electron chi connectivity index (χ1n) is 6.40. The van der Waals surface area contributed by atoms with Gasteiger partial charge < -0.3 is 9.15 Å². The Hall–Kier alpha value is -3.08. The first kappa shape index (κ1) is 14.8. The average Bonchev–Trinajstić information content (AvgIpc) is 2.89. The number of aromatic nitrogens is 2. The highest BCUT2D eigenvalue weighted by Crippen LogP contribution is 2.33. The van der Waals surface area contributed by atoms with Crippen molar-refractivity contribution in [3.63, 3.8) is 0 Å². The third-order valence-corrected chi connectivity index (χ3v) is 3.01. The zero-order chi connectivity index (χ0) is 16.6. The fourth-order valence-corrected chi connectivity index (χ4v) is 1.98. The lowest BCUT2D eigenvalue weighted by atomic mass is 10.2. The summed E-state index contributed by atoms with van der Waals surface area (Å²) in [5, 5.41) is 9.03. The van der Waals surface area contributed by atoms with Crippen molar-refractivity contribution in [1.29, 1.82) is 5.26 Å². The molecule has 3 aromatic rings. The summed E-state index contributed by atoms with van der Waals surface area (Å²) in [6.45, 7) is 1.61. The number of benzene rings is 1. The lowest BCUT2D eigenvalue weighted by molar-refractivity contribution is -0.137. The van der Waals surface area contributed by atoms with E-state index >= 15 is 0 Å². The van der Waals surface area contributed by atoms with Crippen molar-refractivity contribution in [3.8, 4) is 17.7 Å². The number of aryl methyl sites for hydroxylation is 1. The minimum atomic E-state index is -4.46. The first-order valence-corrected chi connectivity index (χ1v) is 6.40. The quantitative estimate of drug-likeness (QED) is 0.707. The smallest absolute Gasteiger partial charge is 0.417 e. The van der Waals surface area contributed by atoms with Crippen LogP contribution in [0.4, 0.5) is 13.2 Å². The second-order valence-electron chi connectivity index (χ2n) is 4.62. The van der Waals surface area contributed by atoms with Gasteiger partial charge in [0.1, 0.15) is 6.07 Å². The number of hydrogen-bond acceptors (Lipinski definition) is 5. The van der Waals surface area contributed by atoms with Crippen LogP contribution in [-0.4, -0.2) is 9.97 Å². The summed E-state index contributed by atoms with van der Waals surface area (Å²) < 4.78 is 48.3. The van der Waals surface area contributed by atoms with Gasteiger partial charge in [-0.1, -0.05) is 0 Å². The van der Waals surface area contributed by atoms with E-state index in [1.165, 1.54) is 12.1 Å². The molecule has 0 radical (unpaired) electrons. The van der Waals surface area contributed by atoms with Crippen LogP contribution in [0.25, 0.3) is 11.1 Å². The lowest BCUT2D eigenvalue weighted by Crippen LogP contribution is -2.05. The van der Waals surface area contributed by atoms with Gasteiger partial charge in [-0.2, -0.15) is 18.4 Å². The van der Waals surface area contributed by atoms with E-state index in [2.05, 4.69) is 9.97 Å². The van der Waals surface area contributed by atoms with E-state index in [4.69, 9.17) is 14.4 Å². The monoisotopic (exact) mass is 319 g/mol. The van der Waals surface area contributed by atoms with Crippen LogP contribution < -0.4 is 4.74 Å². The lowest BCUT2D eigenvalue weighted by Gasteiger charge is -2.08. The number of fused-ring (bicyclic) bond motifs is 1. The Morgan fingerprint density at radius 3 is 2.61 bits per heavy atom. The number of ether oxygens (including phenoxy) is 1. The largest absolute Gasteiger partial charge is 0.439 e. The van der Waals surface area contributed by atoms with Crippen LogP contribution in [0.2, 0.25) is 0 Å². The Bertz CT molecular complexity index is 909. The standard InChI is InChI=1S/C15H8F3N3O2/c1-8-21-13-11(4-2-9(6-19)14(13)22-8)23-12-5-3-10(7-20-12)15(16,17)18/h2-5,7H,1H3. The molecule has 0 aliphatic carbocycles. The first-order chi connectivity index (χ1) is 10.9. The number of halogens is 3. The van der Waals surface area contributed by atoms with Crippen molar-refractivity contribution in [2.75, 3.05) is 0 Å². The summed E-state index contributed by atoms with van der Waals surface area (Å²) in [4.78, 5) is 7.76. The molecule has 3 rings (SSSR count). The fraction of sp³-hybridized carbons (Fsp3) is 0.133. The minimum Gasteiger partial charge on any atom is -0.439 e. The Labute approximate surface area is 128 Å². The molecule has 23 heavy (non-hydrogen) atoms. The molecule has 1 aromatic carbocycles. The maximum Gasteiger partial charge on any atom is 0.417 e. The molecule has 0 spiro atoms. The summed E-state index contributed by atoms with van der Waals surface area (Å²) >= 11 is 0. The van der Waals surface area contributed by atoms with Gasteiger partial charge in [-0.05, 0) is 18.2 Å². The van der Waals surface area contributed by atoms with Crippen LogP contribution in [-0.2, 0) is 6.18 Å². The molecule has 2 aromatic heterocycles. The van der Waals surface area contributed by atoms with E-state index < -0.39 is 11.7 Å². The highest BCUT2D eigenvalue weighted by molar-refractivity contribution is 5.85. The number of alkyl halides is 3. The van der Waals surface area contributed by atoms with Crippen molar-refractivity contribution in [1.82, 2.24) is 9.97 Å². The molecule has 0 aliphatic rings. The summed E-state index contributed by atoms with van der Waals surface area (Å²) in [5.41, 5.74) is -0.0157. The van der Waals surface area contributed by atoms with Crippen LogP contribution >= 0.6 is 0 Å². The number of nitriles is 1. The van der Waals surface area contributed by atoms with Crippen LogP contribution in [0.3, 0.4) is 0 Å². The number of pyridine rings is 1. The van der Waals surface area contributed by atoms with E-state index in [1.807, 2.05) is 6.07 Å². The number of rotatable bonds is 2. The second kappa shape index (κ2) is 5.28. The molecular formula is C15H8F3N3O2. The fourth-order valence-electron chi connectivity index (χ4n) is 1.98. The Balaban J connectivity index is 1.98. The maximum absolute atomic E-state index is 12.5. The van der Waals surface area contributed by atoms with Gasteiger partial charge in [0.25, 0.3) is 0 Å². The van der Waals surface area contributed by atoms with Crippen LogP contribution in [0.5, 0.6) is 11.6 Å². The normalized spacial score (nSPS) is 11.4. The molecule has 0 saturated heterocycles. The molecule has 5 nitrogen and oxygen atoms in total. The van der Waals surface area contributed by atoms with E-state index in [0.717, 1.165) is 12.1 Å². The van der Waals surface area contributed by atoms with Gasteiger partial charge >= 0.3 is 6.18 Å². The number of nitrogens with zero attached hydrogens (tertiary/aromatic N) is 3. The van der Waals surface area contributed by atoms with Crippen molar-refractivity contribution in [2.45, 2.75) is 13.1 Å². The molecular weight excluding hydrogens is 311 g/mol. The topological polar surface area (TPSA) is 71.9 Å². The van der Waals surface area contributed by atoms with Crippen molar-refractivity contribution in [2.24, 2.45) is 0 Å². The van der Waals surface area contributed by atoms with Gasteiger partial charge in [0.05, 0.1) is 11.1 Å². The molecule has 0 amide bonds. The molecule has 0 bridgehead atoms. The molecule has 116 valence electrons. The van der Waals surface area contributed by atoms with E-state index in [9.17, 15) is 13.2 Å². The molecule has 0 aliphatic heterocycles. The zero-order valence-corrected chi connectivity index (χ0v) is 11.7. The minimum absolute atomic E-state index is 0.0235. The van der Waals surface area contributed by atoms with Gasteiger partial charge in [0.2, 0.25) is 5.88 Å². The summed E-state index contributed by atoms with van der Waals surface area (Å²) in [6, 6.07) is 6.92. The highest BCUT2D eigenvalue weighted by Gasteiger charge is 2.30. The summed E-state index contributed by atoms with van der Waals surface area (Å²) in [7, 11) is 0. The van der Waals surface area contributed by atoms with Gasteiger partial charge in [0.15, 0.2) is 22.7 Å². The van der Waals surface area contributed by atoms with Gasteiger partial charge in [0, 0.05) is 19.2 Å². The predicted octanol–water partition coefficient (Wildman–Crippen LogP) is 4.21. The molecule has 0 N–H and O–H groups in total. The van der Waals surface area contributed by atoms with Gasteiger partial charge in [-0.3, -0.25) is 0 Å². The number of hydrogen-bond donors (Lipinski definition) is 0. The molecule has 8 heteroatoms. The van der Waals surface area contributed by atoms with Crippen molar-refractivity contribution < 1.29 is 22.3 Å². The second-order valence-corrected chi connectivity index (χ2v) is 4.62. The predicted molar refractivity (Wildman–Crippen MR) is 72.8 cm³/mol. The highest BCUT2D eigenvalue weighted by atomic mass is 19.4. The van der Waals surface area contributed by atoms with Crippen LogP contribution in [0.1, 0.15) is 17.0 Å². The van der Waals surface area contributed by atoms with E-state index in [1.54, 1.807) is 6.92 Å². The van der Waals surface area contributed by atoms with Gasteiger partial charge in [-0.25, -0.2) is 9.97 Å². The average molecular weight is 319 g/mol. The molecule has 0 saturated carbocycles. The molecule has 2 heterocycles. The Morgan fingerprint density at radius 1 is 1.22 bits per heavy atom. The Morgan fingerprint density at radius 2 is 2.00 bits per heavy atom. The van der Waals surface area contributed by atoms with Crippen molar-refractivity contribution >= 4 is 11.1 Å². The van der Waals surface area contributed by atoms with Gasteiger partial charge in [-0.15, -0.1) is 0 Å². The third-order valence-electron chi connectivity index (χ3n) is 3.01. The summed E-state index contributed by atoms with van der Waals surface area (Å²) in [6.07, 6.45) is -3.78.